The number of halogens is 1. The molecule has 0 saturated carbocycles. The van der Waals surface area contributed by atoms with Gasteiger partial charge < -0.3 is 4.90 Å². The Morgan fingerprint density at radius 2 is 2.00 bits per heavy atom. The normalized spacial score (nSPS) is 19.8. The number of hydrogen-bond donors (Lipinski definition) is 0. The summed E-state index contributed by atoms with van der Waals surface area (Å²) in [6.45, 7) is 4.33. The van der Waals surface area contributed by atoms with E-state index in [2.05, 4.69) is 65.1 Å². The molecular weight excluding hydrogens is 306 g/mol. The molecule has 0 saturated heterocycles. The zero-order valence-electron chi connectivity index (χ0n) is 10.6. The smallest absolute Gasteiger partial charge is 0.0704 e. The molecule has 1 aromatic heterocycles. The Balaban J connectivity index is 2.04. The molecule has 0 aliphatic carbocycles. The lowest BCUT2D eigenvalue weighted by molar-refractivity contribution is 0.299. The molecule has 3 rings (SSSR count). The summed E-state index contributed by atoms with van der Waals surface area (Å²) < 4.78 is 1.25. The summed E-state index contributed by atoms with van der Waals surface area (Å²) in [5.74, 6) is 0.516. The minimum absolute atomic E-state index is 0.516. The van der Waals surface area contributed by atoms with Crippen molar-refractivity contribution in [3.63, 3.8) is 0 Å². The van der Waals surface area contributed by atoms with E-state index >= 15 is 0 Å². The molecule has 1 nitrogen and oxygen atoms in total. The molecule has 94 valence electrons. The number of rotatable bonds is 1. The third-order valence-electron chi connectivity index (χ3n) is 3.57. The Labute approximate surface area is 121 Å². The van der Waals surface area contributed by atoms with Crippen molar-refractivity contribution in [1.82, 2.24) is 4.90 Å². The summed E-state index contributed by atoms with van der Waals surface area (Å²) in [6, 6.07) is 11.3. The molecule has 0 spiro atoms. The molecule has 3 heteroatoms. The lowest BCUT2D eigenvalue weighted by atomic mass is 9.88. The molecule has 0 amide bonds. The molecule has 0 N–H and O–H groups in total. The molecule has 1 aromatic carbocycles. The van der Waals surface area contributed by atoms with Gasteiger partial charge >= 0.3 is 0 Å². The predicted molar refractivity (Wildman–Crippen MR) is 81.4 cm³/mol. The van der Waals surface area contributed by atoms with Gasteiger partial charge in [0.25, 0.3) is 0 Å². The van der Waals surface area contributed by atoms with Crippen molar-refractivity contribution in [2.45, 2.75) is 19.4 Å². The van der Waals surface area contributed by atoms with Crippen LogP contribution in [-0.4, -0.2) is 18.5 Å². The molecule has 1 aliphatic heterocycles. The standard InChI is InChI=1S/C15H16BrNS/c1-10-3-5-11(6-4-10)13-8-17(2)9-14-12(13)7-15(16)18-14/h3-7,13H,8-9H2,1-2H3/t13-/m1/s1. The molecule has 0 fully saturated rings. The van der Waals surface area contributed by atoms with E-state index in [0.29, 0.717) is 5.92 Å². The third-order valence-corrected chi connectivity index (χ3v) is 5.21. The molecule has 1 aliphatic rings. The second-order valence-electron chi connectivity index (χ2n) is 5.09. The van der Waals surface area contributed by atoms with E-state index in [0.717, 1.165) is 13.1 Å². The van der Waals surface area contributed by atoms with E-state index in [1.807, 2.05) is 11.3 Å². The highest BCUT2D eigenvalue weighted by Crippen LogP contribution is 2.39. The average Bonchev–Trinajstić information content (AvgIpc) is 2.69. The minimum Gasteiger partial charge on any atom is -0.300 e. The maximum atomic E-state index is 3.62. The van der Waals surface area contributed by atoms with Crippen LogP contribution in [0.15, 0.2) is 34.1 Å². The molecular formula is C15H16BrNS. The van der Waals surface area contributed by atoms with E-state index in [-0.39, 0.29) is 0 Å². The van der Waals surface area contributed by atoms with Crippen LogP contribution in [0, 0.1) is 6.92 Å². The first-order valence-electron chi connectivity index (χ1n) is 6.16. The number of fused-ring (bicyclic) bond motifs is 1. The van der Waals surface area contributed by atoms with Gasteiger partial charge in [0.1, 0.15) is 0 Å². The van der Waals surface area contributed by atoms with Gasteiger partial charge in [-0.3, -0.25) is 0 Å². The van der Waals surface area contributed by atoms with Gasteiger partial charge in [0, 0.05) is 23.9 Å². The highest BCUT2D eigenvalue weighted by Gasteiger charge is 2.26. The Morgan fingerprint density at radius 1 is 1.28 bits per heavy atom. The van der Waals surface area contributed by atoms with Crippen LogP contribution >= 0.6 is 27.3 Å². The zero-order valence-corrected chi connectivity index (χ0v) is 13.0. The van der Waals surface area contributed by atoms with Gasteiger partial charge in [0.2, 0.25) is 0 Å². The number of thiophene rings is 1. The number of nitrogens with zero attached hydrogens (tertiary/aromatic N) is 1. The first kappa shape index (κ1) is 12.4. The summed E-state index contributed by atoms with van der Waals surface area (Å²) in [6.07, 6.45) is 0. The van der Waals surface area contributed by atoms with E-state index in [1.165, 1.54) is 25.4 Å². The summed E-state index contributed by atoms with van der Waals surface area (Å²) >= 11 is 5.49. The summed E-state index contributed by atoms with van der Waals surface area (Å²) in [5, 5.41) is 0. The van der Waals surface area contributed by atoms with Crippen LogP contribution in [0.25, 0.3) is 0 Å². The maximum absolute atomic E-state index is 3.62. The lowest BCUT2D eigenvalue weighted by Crippen LogP contribution is -2.29. The van der Waals surface area contributed by atoms with Crippen molar-refractivity contribution in [3.05, 3.63) is 55.7 Å². The fourth-order valence-corrected chi connectivity index (χ4v) is 4.49. The molecule has 2 heterocycles. The zero-order chi connectivity index (χ0) is 12.7. The van der Waals surface area contributed by atoms with Gasteiger partial charge in [-0.1, -0.05) is 29.8 Å². The highest BCUT2D eigenvalue weighted by molar-refractivity contribution is 9.11. The summed E-state index contributed by atoms with van der Waals surface area (Å²) in [7, 11) is 2.21. The Kier molecular flexibility index (Phi) is 3.31. The van der Waals surface area contributed by atoms with E-state index in [9.17, 15) is 0 Å². The van der Waals surface area contributed by atoms with Crippen LogP contribution in [0.1, 0.15) is 27.5 Å². The molecule has 0 radical (unpaired) electrons. The van der Waals surface area contributed by atoms with Crippen molar-refractivity contribution < 1.29 is 0 Å². The molecule has 1 atom stereocenters. The fraction of sp³-hybridized carbons (Fsp3) is 0.333. The predicted octanol–water partition coefficient (Wildman–Crippen LogP) is 4.40. The van der Waals surface area contributed by atoms with Crippen molar-refractivity contribution in [1.29, 1.82) is 0 Å². The minimum atomic E-state index is 0.516. The van der Waals surface area contributed by atoms with Crippen LogP contribution in [0.3, 0.4) is 0 Å². The van der Waals surface area contributed by atoms with Crippen molar-refractivity contribution in [2.24, 2.45) is 0 Å². The summed E-state index contributed by atoms with van der Waals surface area (Å²) in [4.78, 5) is 3.91. The SMILES string of the molecule is Cc1ccc([C@H]2CN(C)Cc3sc(Br)cc32)cc1. The quantitative estimate of drug-likeness (QED) is 0.752. The first-order valence-corrected chi connectivity index (χ1v) is 7.77. The number of hydrogen-bond acceptors (Lipinski definition) is 2. The molecule has 2 aromatic rings. The van der Waals surface area contributed by atoms with Crippen LogP contribution in [0.2, 0.25) is 0 Å². The average molecular weight is 322 g/mol. The van der Waals surface area contributed by atoms with Crippen LogP contribution < -0.4 is 0 Å². The van der Waals surface area contributed by atoms with Crippen LogP contribution in [0.4, 0.5) is 0 Å². The largest absolute Gasteiger partial charge is 0.300 e. The van der Waals surface area contributed by atoms with Crippen molar-refractivity contribution >= 4 is 27.3 Å². The van der Waals surface area contributed by atoms with Gasteiger partial charge in [-0.2, -0.15) is 0 Å². The van der Waals surface area contributed by atoms with Gasteiger partial charge in [-0.25, -0.2) is 0 Å². The number of benzene rings is 1. The molecule has 18 heavy (non-hydrogen) atoms. The van der Waals surface area contributed by atoms with Crippen LogP contribution in [0.5, 0.6) is 0 Å². The van der Waals surface area contributed by atoms with E-state index < -0.39 is 0 Å². The maximum Gasteiger partial charge on any atom is 0.0704 e. The van der Waals surface area contributed by atoms with E-state index in [4.69, 9.17) is 0 Å². The first-order chi connectivity index (χ1) is 8.63. The van der Waals surface area contributed by atoms with Crippen molar-refractivity contribution in [3.8, 4) is 0 Å². The van der Waals surface area contributed by atoms with Gasteiger partial charge in [-0.05, 0) is 47.1 Å². The monoisotopic (exact) mass is 321 g/mol. The number of likely N-dealkylation sites (N-methyl/N-ethyl adjacent to an activating group) is 1. The Hall–Kier alpha value is -0.640. The molecule has 0 bridgehead atoms. The van der Waals surface area contributed by atoms with Gasteiger partial charge in [0.15, 0.2) is 0 Å². The second-order valence-corrected chi connectivity index (χ2v) is 7.61. The lowest BCUT2D eigenvalue weighted by Gasteiger charge is -2.30. The third kappa shape index (κ3) is 2.27. The Morgan fingerprint density at radius 3 is 2.72 bits per heavy atom. The second kappa shape index (κ2) is 4.80. The topological polar surface area (TPSA) is 3.24 Å². The summed E-state index contributed by atoms with van der Waals surface area (Å²) in [5.41, 5.74) is 4.27. The Bertz CT molecular complexity index is 558. The van der Waals surface area contributed by atoms with Crippen molar-refractivity contribution in [2.75, 3.05) is 13.6 Å². The number of aryl methyl sites for hydroxylation is 1. The highest BCUT2D eigenvalue weighted by atomic mass is 79.9. The fourth-order valence-electron chi connectivity index (χ4n) is 2.63. The van der Waals surface area contributed by atoms with Gasteiger partial charge in [0.05, 0.1) is 3.79 Å². The molecule has 0 unspecified atom stereocenters. The van der Waals surface area contributed by atoms with Crippen LogP contribution in [-0.2, 0) is 6.54 Å². The van der Waals surface area contributed by atoms with E-state index in [1.54, 1.807) is 0 Å². The van der Waals surface area contributed by atoms with Gasteiger partial charge in [-0.15, -0.1) is 11.3 Å².